The van der Waals surface area contributed by atoms with Gasteiger partial charge in [-0.1, -0.05) is 6.07 Å². The Balaban J connectivity index is 2.03. The molecule has 6 nitrogen and oxygen atoms in total. The molecule has 0 aromatic heterocycles. The summed E-state index contributed by atoms with van der Waals surface area (Å²) in [6.45, 7) is 0.00855. The molecular formula is C16H14O6. The van der Waals surface area contributed by atoms with Gasteiger partial charge in [-0.25, -0.2) is 0 Å². The van der Waals surface area contributed by atoms with Crippen molar-refractivity contribution < 1.29 is 29.6 Å². The Morgan fingerprint density at radius 2 is 1.91 bits per heavy atom. The predicted molar refractivity (Wildman–Crippen MR) is 77.0 cm³/mol. The molecule has 6 heteroatoms. The second kappa shape index (κ2) is 5.14. The van der Waals surface area contributed by atoms with Crippen molar-refractivity contribution in [2.24, 2.45) is 0 Å². The highest BCUT2D eigenvalue weighted by atomic mass is 16.5. The summed E-state index contributed by atoms with van der Waals surface area (Å²) in [5.74, 6) is -1.13. The first kappa shape index (κ1) is 14.1. The number of aromatic hydroxyl groups is 3. The van der Waals surface area contributed by atoms with Gasteiger partial charge in [0, 0.05) is 23.8 Å². The van der Waals surface area contributed by atoms with E-state index in [1.807, 2.05) is 0 Å². The molecule has 22 heavy (non-hydrogen) atoms. The van der Waals surface area contributed by atoms with Crippen molar-refractivity contribution in [3.8, 4) is 28.7 Å². The van der Waals surface area contributed by atoms with E-state index in [9.17, 15) is 20.1 Å². The number of hydrogen-bond acceptors (Lipinski definition) is 6. The Kier molecular flexibility index (Phi) is 3.29. The van der Waals surface area contributed by atoms with Crippen LogP contribution in [0.25, 0.3) is 0 Å². The van der Waals surface area contributed by atoms with Crippen molar-refractivity contribution in [3.05, 3.63) is 41.5 Å². The molecule has 0 radical (unpaired) electrons. The number of benzene rings is 2. The molecule has 114 valence electrons. The smallest absolute Gasteiger partial charge is 0.181 e. The zero-order chi connectivity index (χ0) is 15.9. The van der Waals surface area contributed by atoms with E-state index < -0.39 is 5.92 Å². The maximum atomic E-state index is 12.6. The van der Waals surface area contributed by atoms with E-state index in [1.54, 1.807) is 12.1 Å². The number of Topliss-reactive ketones (excluding diaryl/α,β-unsaturated/α-hetero) is 1. The second-order valence-electron chi connectivity index (χ2n) is 4.99. The van der Waals surface area contributed by atoms with Crippen molar-refractivity contribution in [3.63, 3.8) is 0 Å². The van der Waals surface area contributed by atoms with Crippen LogP contribution in [-0.2, 0) is 0 Å². The summed E-state index contributed by atoms with van der Waals surface area (Å²) in [7, 11) is 1.48. The SMILES string of the molecule is COc1ccc([C@@H]2COc3cc(O)cc(O)c3C2=O)c(O)c1. The molecule has 0 aliphatic carbocycles. The molecule has 0 unspecified atom stereocenters. The number of phenols is 3. The van der Waals surface area contributed by atoms with Gasteiger partial charge in [0.15, 0.2) is 5.78 Å². The minimum absolute atomic E-state index is 0.00395. The zero-order valence-electron chi connectivity index (χ0n) is 11.7. The van der Waals surface area contributed by atoms with Crippen LogP contribution in [0.3, 0.4) is 0 Å². The third kappa shape index (κ3) is 2.18. The van der Waals surface area contributed by atoms with Gasteiger partial charge in [-0.05, 0) is 6.07 Å². The van der Waals surface area contributed by atoms with Gasteiger partial charge in [0.25, 0.3) is 0 Å². The number of methoxy groups -OCH3 is 1. The monoisotopic (exact) mass is 302 g/mol. The molecule has 1 aliphatic heterocycles. The van der Waals surface area contributed by atoms with E-state index >= 15 is 0 Å². The van der Waals surface area contributed by atoms with Crippen LogP contribution in [0.5, 0.6) is 28.7 Å². The molecule has 0 saturated carbocycles. The number of fused-ring (bicyclic) bond motifs is 1. The number of carbonyl (C=O) groups excluding carboxylic acids is 1. The molecule has 0 saturated heterocycles. The van der Waals surface area contributed by atoms with Gasteiger partial charge in [0.2, 0.25) is 0 Å². The first-order valence-electron chi connectivity index (χ1n) is 6.61. The van der Waals surface area contributed by atoms with E-state index in [0.717, 1.165) is 6.07 Å². The number of ketones is 1. The fraction of sp³-hybridized carbons (Fsp3) is 0.188. The van der Waals surface area contributed by atoms with Crippen molar-refractivity contribution >= 4 is 5.78 Å². The molecule has 2 aromatic carbocycles. The van der Waals surface area contributed by atoms with E-state index in [0.29, 0.717) is 11.3 Å². The minimum Gasteiger partial charge on any atom is -0.508 e. The van der Waals surface area contributed by atoms with Crippen LogP contribution in [0.1, 0.15) is 21.8 Å². The Labute approximate surface area is 126 Å². The summed E-state index contributed by atoms with van der Waals surface area (Å²) in [5, 5.41) is 29.4. The Morgan fingerprint density at radius 1 is 1.14 bits per heavy atom. The number of ether oxygens (including phenoxy) is 2. The highest BCUT2D eigenvalue weighted by molar-refractivity contribution is 6.06. The van der Waals surface area contributed by atoms with Crippen LogP contribution in [0.2, 0.25) is 0 Å². The highest BCUT2D eigenvalue weighted by Gasteiger charge is 2.34. The van der Waals surface area contributed by atoms with Crippen LogP contribution in [0.15, 0.2) is 30.3 Å². The van der Waals surface area contributed by atoms with Gasteiger partial charge in [-0.2, -0.15) is 0 Å². The third-order valence-electron chi connectivity index (χ3n) is 3.65. The molecule has 0 bridgehead atoms. The maximum Gasteiger partial charge on any atom is 0.181 e. The molecule has 2 aromatic rings. The fourth-order valence-electron chi connectivity index (χ4n) is 2.55. The molecule has 0 spiro atoms. The molecule has 0 amide bonds. The highest BCUT2D eigenvalue weighted by Crippen LogP contribution is 2.42. The summed E-state index contributed by atoms with van der Waals surface area (Å²) < 4.78 is 10.5. The van der Waals surface area contributed by atoms with Gasteiger partial charge in [0.1, 0.15) is 40.9 Å². The summed E-state index contributed by atoms with van der Waals surface area (Å²) in [4.78, 5) is 12.6. The van der Waals surface area contributed by atoms with Crippen LogP contribution >= 0.6 is 0 Å². The van der Waals surface area contributed by atoms with Crippen LogP contribution in [-0.4, -0.2) is 34.8 Å². The van der Waals surface area contributed by atoms with Crippen LogP contribution in [0.4, 0.5) is 0 Å². The lowest BCUT2D eigenvalue weighted by molar-refractivity contribution is 0.0890. The lowest BCUT2D eigenvalue weighted by Gasteiger charge is -2.25. The van der Waals surface area contributed by atoms with Gasteiger partial charge in [-0.15, -0.1) is 0 Å². The molecule has 1 atom stereocenters. The normalized spacial score (nSPS) is 16.8. The van der Waals surface area contributed by atoms with Crippen molar-refractivity contribution in [1.29, 1.82) is 0 Å². The Hall–Kier alpha value is -2.89. The average molecular weight is 302 g/mol. The summed E-state index contributed by atoms with van der Waals surface area (Å²) in [6.07, 6.45) is 0. The number of rotatable bonds is 2. The quantitative estimate of drug-likeness (QED) is 0.787. The maximum absolute atomic E-state index is 12.6. The first-order chi connectivity index (χ1) is 10.5. The molecule has 3 N–H and O–H groups in total. The number of hydrogen-bond donors (Lipinski definition) is 3. The predicted octanol–water partition coefficient (Wildman–Crippen LogP) is 2.17. The summed E-state index contributed by atoms with van der Waals surface area (Å²) >= 11 is 0. The minimum atomic E-state index is -0.742. The van der Waals surface area contributed by atoms with E-state index in [-0.39, 0.29) is 41.0 Å². The van der Waals surface area contributed by atoms with E-state index in [4.69, 9.17) is 9.47 Å². The van der Waals surface area contributed by atoms with Crippen LogP contribution in [0, 0.1) is 0 Å². The van der Waals surface area contributed by atoms with Crippen molar-refractivity contribution in [2.75, 3.05) is 13.7 Å². The van der Waals surface area contributed by atoms with Crippen molar-refractivity contribution in [1.82, 2.24) is 0 Å². The van der Waals surface area contributed by atoms with Gasteiger partial charge >= 0.3 is 0 Å². The molecule has 1 heterocycles. The van der Waals surface area contributed by atoms with E-state index in [2.05, 4.69) is 0 Å². The lowest BCUT2D eigenvalue weighted by Crippen LogP contribution is -2.26. The van der Waals surface area contributed by atoms with Gasteiger partial charge in [0.05, 0.1) is 13.0 Å². The van der Waals surface area contributed by atoms with Gasteiger partial charge in [-0.3, -0.25) is 4.79 Å². The number of carbonyl (C=O) groups is 1. The standard InChI is InChI=1S/C16H14O6/c1-21-9-2-3-10(12(18)6-9)11-7-22-14-5-8(17)4-13(19)15(14)16(11)20/h2-6,11,17-19H,7H2,1H3/t11-/m0/s1. The fourth-order valence-corrected chi connectivity index (χ4v) is 2.55. The molecule has 3 rings (SSSR count). The largest absolute Gasteiger partial charge is 0.508 e. The topological polar surface area (TPSA) is 96.2 Å². The van der Waals surface area contributed by atoms with Gasteiger partial charge < -0.3 is 24.8 Å². The van der Waals surface area contributed by atoms with Crippen molar-refractivity contribution in [2.45, 2.75) is 5.92 Å². The zero-order valence-corrected chi connectivity index (χ0v) is 11.7. The molecule has 0 fully saturated rings. The first-order valence-corrected chi connectivity index (χ1v) is 6.61. The summed E-state index contributed by atoms with van der Waals surface area (Å²) in [5.41, 5.74) is 0.396. The Morgan fingerprint density at radius 3 is 2.59 bits per heavy atom. The van der Waals surface area contributed by atoms with Crippen LogP contribution < -0.4 is 9.47 Å². The third-order valence-corrected chi connectivity index (χ3v) is 3.65. The molecule has 1 aliphatic rings. The number of phenolic OH excluding ortho intramolecular Hbond substituents is 3. The summed E-state index contributed by atoms with van der Waals surface area (Å²) in [6, 6.07) is 6.99. The lowest BCUT2D eigenvalue weighted by atomic mass is 9.88. The average Bonchev–Trinajstić information content (AvgIpc) is 2.47. The molecular weight excluding hydrogens is 288 g/mol. The van der Waals surface area contributed by atoms with E-state index in [1.165, 1.54) is 19.2 Å². The Bertz CT molecular complexity index is 753. The second-order valence-corrected chi connectivity index (χ2v) is 4.99.